The molecule has 5 nitrogen and oxygen atoms in total. The number of likely N-dealkylation sites (tertiary alicyclic amines) is 1. The van der Waals surface area contributed by atoms with Gasteiger partial charge in [0.05, 0.1) is 11.8 Å². The summed E-state index contributed by atoms with van der Waals surface area (Å²) in [6.45, 7) is 6.57. The fourth-order valence-corrected chi connectivity index (χ4v) is 6.44. The number of fused-ring (bicyclic) bond motifs is 1. The molecule has 1 N–H and O–H groups in total. The predicted molar refractivity (Wildman–Crippen MR) is 141 cm³/mol. The number of rotatable bonds is 5. The number of ether oxygens (including phenoxy) is 1. The molecule has 1 saturated carbocycles. The first-order chi connectivity index (χ1) is 17.0. The van der Waals surface area contributed by atoms with Crippen LogP contribution in [0.25, 0.3) is 11.3 Å². The average Bonchev–Trinajstić information content (AvgIpc) is 3.40. The van der Waals surface area contributed by atoms with Gasteiger partial charge in [0, 0.05) is 31.3 Å². The van der Waals surface area contributed by atoms with E-state index in [2.05, 4.69) is 36.1 Å². The van der Waals surface area contributed by atoms with E-state index in [1.165, 1.54) is 6.42 Å². The lowest BCUT2D eigenvalue weighted by atomic mass is 9.56. The second-order valence-electron chi connectivity index (χ2n) is 11.6. The minimum absolute atomic E-state index is 0.0215. The first-order valence-corrected chi connectivity index (χ1v) is 13.2. The van der Waals surface area contributed by atoms with Gasteiger partial charge in [-0.05, 0) is 80.8 Å². The van der Waals surface area contributed by atoms with Crippen LogP contribution in [-0.4, -0.2) is 68.0 Å². The molecule has 3 aliphatic rings. The van der Waals surface area contributed by atoms with E-state index in [0.717, 1.165) is 62.6 Å². The smallest absolute Gasteiger partial charge is 0.378 e. The molecule has 1 aromatic heterocycles. The van der Waals surface area contributed by atoms with Crippen molar-refractivity contribution in [3.8, 4) is 11.3 Å². The van der Waals surface area contributed by atoms with Gasteiger partial charge < -0.3 is 15.0 Å². The Morgan fingerprint density at radius 1 is 1.03 bits per heavy atom. The number of hydrogen-bond donors (Lipinski definition) is 1. The van der Waals surface area contributed by atoms with Crippen LogP contribution < -0.4 is 5.32 Å². The third kappa shape index (κ3) is 5.03. The zero-order valence-electron chi connectivity index (χ0n) is 21.7. The topological polar surface area (TPSA) is 50.3 Å². The molecule has 2 aromatic rings. The lowest BCUT2D eigenvalue weighted by Gasteiger charge is -2.44. The molecule has 1 unspecified atom stereocenters. The van der Waals surface area contributed by atoms with Crippen molar-refractivity contribution in [3.05, 3.63) is 41.0 Å². The van der Waals surface area contributed by atoms with Gasteiger partial charge in [0.2, 0.25) is 0 Å². The van der Waals surface area contributed by atoms with E-state index in [1.807, 2.05) is 32.0 Å². The van der Waals surface area contributed by atoms with Crippen molar-refractivity contribution in [1.29, 1.82) is 0 Å². The Morgan fingerprint density at radius 2 is 1.75 bits per heavy atom. The molecule has 3 fully saturated rings. The highest BCUT2D eigenvalue weighted by Gasteiger charge is 2.47. The van der Waals surface area contributed by atoms with Crippen molar-refractivity contribution in [3.63, 3.8) is 0 Å². The molecule has 0 radical (unpaired) electrons. The summed E-state index contributed by atoms with van der Waals surface area (Å²) in [6.07, 6.45) is 0.880. The number of alkyl halides is 3. The second-order valence-corrected chi connectivity index (χ2v) is 11.6. The van der Waals surface area contributed by atoms with Crippen LogP contribution in [0, 0.1) is 25.7 Å². The minimum Gasteiger partial charge on any atom is -0.378 e. The zero-order chi connectivity index (χ0) is 25.7. The number of hydrogen-bond acceptors (Lipinski definition) is 5. The molecule has 5 rings (SSSR count). The Labute approximate surface area is 213 Å². The maximum Gasteiger partial charge on any atom is 0.420 e. The molecule has 36 heavy (non-hydrogen) atoms. The first-order valence-electron chi connectivity index (χ1n) is 13.2. The number of nitrogens with one attached hydrogen (secondary N) is 1. The highest BCUT2D eigenvalue weighted by Crippen LogP contribution is 2.43. The van der Waals surface area contributed by atoms with Crippen LogP contribution in [0.1, 0.15) is 48.8 Å². The monoisotopic (exact) mass is 498 g/mol. The van der Waals surface area contributed by atoms with Crippen LogP contribution in [0.4, 0.5) is 19.0 Å². The third-order valence-corrected chi connectivity index (χ3v) is 8.64. The van der Waals surface area contributed by atoms with E-state index in [0.29, 0.717) is 17.4 Å². The largest absolute Gasteiger partial charge is 0.420 e. The number of aryl methyl sites for hydroxylation is 2. The summed E-state index contributed by atoms with van der Waals surface area (Å²) in [4.78, 5) is 2.55. The highest BCUT2D eigenvalue weighted by atomic mass is 19.4. The summed E-state index contributed by atoms with van der Waals surface area (Å²) in [5.41, 5.74) is 2.03. The summed E-state index contributed by atoms with van der Waals surface area (Å²) in [7, 11) is 4.56. The molecule has 1 aliphatic carbocycles. The van der Waals surface area contributed by atoms with Crippen LogP contribution in [0.2, 0.25) is 0 Å². The lowest BCUT2D eigenvalue weighted by molar-refractivity contribution is -0.137. The second kappa shape index (κ2) is 9.67. The molecule has 1 aromatic carbocycles. The van der Waals surface area contributed by atoms with Gasteiger partial charge in [-0.25, -0.2) is 0 Å². The summed E-state index contributed by atoms with van der Waals surface area (Å²) in [5.74, 6) is 0.790. The highest BCUT2D eigenvalue weighted by molar-refractivity contribution is 6.40. The molecule has 10 heteroatoms. The van der Waals surface area contributed by atoms with Crippen molar-refractivity contribution in [2.75, 3.05) is 25.0 Å². The zero-order valence-corrected chi connectivity index (χ0v) is 21.7. The Bertz CT molecular complexity index is 1090. The Kier molecular flexibility index (Phi) is 6.87. The van der Waals surface area contributed by atoms with Crippen LogP contribution in [0.15, 0.2) is 24.3 Å². The summed E-state index contributed by atoms with van der Waals surface area (Å²) in [5, 5.41) is 11.4. The van der Waals surface area contributed by atoms with E-state index in [-0.39, 0.29) is 29.0 Å². The van der Waals surface area contributed by atoms with E-state index in [4.69, 9.17) is 4.74 Å². The number of halogens is 3. The number of anilines is 1. The molecule has 4 atom stereocenters. The Balaban J connectivity index is 1.29. The van der Waals surface area contributed by atoms with Gasteiger partial charge in [0.1, 0.15) is 21.3 Å². The quantitative estimate of drug-likeness (QED) is 0.641. The first kappa shape index (κ1) is 25.6. The molecule has 0 amide bonds. The number of nitrogens with zero attached hydrogens (tertiary/aromatic N) is 3. The van der Waals surface area contributed by atoms with Gasteiger partial charge in [-0.2, -0.15) is 13.2 Å². The van der Waals surface area contributed by atoms with Crippen LogP contribution in [-0.2, 0) is 10.9 Å². The fourth-order valence-electron chi connectivity index (χ4n) is 6.44. The molecule has 0 spiro atoms. The van der Waals surface area contributed by atoms with Crippen molar-refractivity contribution < 1.29 is 17.9 Å². The van der Waals surface area contributed by atoms with Gasteiger partial charge in [-0.1, -0.05) is 17.7 Å². The Morgan fingerprint density at radius 3 is 2.39 bits per heavy atom. The van der Waals surface area contributed by atoms with Gasteiger partial charge in [0.25, 0.3) is 0 Å². The van der Waals surface area contributed by atoms with E-state index in [1.54, 1.807) is 0 Å². The molecular weight excluding hydrogens is 463 g/mol. The number of benzene rings is 1. The maximum absolute atomic E-state index is 14.1. The fraction of sp³-hybridized carbons (Fsp3) is 0.615. The third-order valence-electron chi connectivity index (χ3n) is 8.64. The maximum atomic E-state index is 14.1. The van der Waals surface area contributed by atoms with Crippen LogP contribution in [0.3, 0.4) is 0 Å². The summed E-state index contributed by atoms with van der Waals surface area (Å²) in [6, 6.07) is 6.80. The summed E-state index contributed by atoms with van der Waals surface area (Å²) >= 11 is 0. The van der Waals surface area contributed by atoms with Gasteiger partial charge in [-0.3, -0.25) is 0 Å². The van der Waals surface area contributed by atoms with Crippen molar-refractivity contribution in [1.82, 2.24) is 15.1 Å². The average molecular weight is 498 g/mol. The van der Waals surface area contributed by atoms with Crippen molar-refractivity contribution in [2.45, 2.75) is 69.6 Å². The minimum atomic E-state index is -4.51. The Hall–Kier alpha value is -2.06. The normalized spacial score (nSPS) is 27.2. The predicted octanol–water partition coefficient (Wildman–Crippen LogP) is 3.39. The lowest BCUT2D eigenvalue weighted by Crippen LogP contribution is -2.59. The molecule has 0 bridgehead atoms. The van der Waals surface area contributed by atoms with E-state index < -0.39 is 11.7 Å². The van der Waals surface area contributed by atoms with Crippen molar-refractivity contribution >= 4 is 21.5 Å². The van der Waals surface area contributed by atoms with E-state index in [9.17, 15) is 13.2 Å². The summed E-state index contributed by atoms with van der Waals surface area (Å²) < 4.78 is 48.3. The number of aromatic nitrogens is 2. The van der Waals surface area contributed by atoms with Crippen LogP contribution in [0.5, 0.6) is 0 Å². The molecule has 2 saturated heterocycles. The molecule has 3 heterocycles. The standard InChI is InChI=1S/C26H35B2F3N4O/c1-15-6-7-16(2)20(9-15)22-12-21(26(29,30)31)24(34-33-22)32-19-10-17-13-35(14-18(17)11-19)25(27,28)23-5-3-4-8-36-23/h6-7,9,12,17-19,23H,3-5,8,10-11,13-14,27-28H2,1-2H3,(H,32,34)/t17-,18+,19+,23?. The van der Waals surface area contributed by atoms with Gasteiger partial charge in [-0.15, -0.1) is 10.2 Å². The molecule has 2 aliphatic heterocycles. The van der Waals surface area contributed by atoms with Crippen LogP contribution >= 0.6 is 0 Å². The molecular formula is C26H35B2F3N4O. The molecule has 192 valence electrons. The van der Waals surface area contributed by atoms with Gasteiger partial charge >= 0.3 is 6.18 Å². The van der Waals surface area contributed by atoms with Gasteiger partial charge in [0.15, 0.2) is 5.82 Å². The SMILES string of the molecule is BC(B)(C1CCCCO1)N1C[C@H]2C[C@H](Nc3nnc(-c4cc(C)ccc4C)cc3C(F)(F)F)C[C@H]2C1. The van der Waals surface area contributed by atoms with Crippen molar-refractivity contribution in [2.24, 2.45) is 11.8 Å². The van der Waals surface area contributed by atoms with E-state index >= 15 is 0 Å².